The molecule has 0 aliphatic carbocycles. The number of hydrogen-bond acceptors (Lipinski definition) is 10. The van der Waals surface area contributed by atoms with Gasteiger partial charge in [0.25, 0.3) is 11.8 Å². The molecule has 2 aliphatic rings. The van der Waals surface area contributed by atoms with Crippen molar-refractivity contribution in [3.63, 3.8) is 0 Å². The molecular formula is C20H21F3N6O4S2. The summed E-state index contributed by atoms with van der Waals surface area (Å²) in [6.07, 6.45) is 0.673. The molecule has 5 heterocycles. The molecular weight excluding hydrogens is 509 g/mol. The van der Waals surface area contributed by atoms with Gasteiger partial charge in [0.1, 0.15) is 15.7 Å². The summed E-state index contributed by atoms with van der Waals surface area (Å²) in [5.74, 6) is -0.975. The van der Waals surface area contributed by atoms with Crippen molar-refractivity contribution in [2.75, 3.05) is 42.9 Å². The first-order chi connectivity index (χ1) is 16.8. The van der Waals surface area contributed by atoms with Gasteiger partial charge in [0, 0.05) is 37.5 Å². The van der Waals surface area contributed by atoms with Gasteiger partial charge in [-0.3, -0.25) is 9.29 Å². The summed E-state index contributed by atoms with van der Waals surface area (Å²) in [4.78, 5) is 10.4. The van der Waals surface area contributed by atoms with E-state index >= 15 is 0 Å². The molecule has 5 rings (SSSR count). The number of anilines is 1. The van der Waals surface area contributed by atoms with Crippen molar-refractivity contribution >= 4 is 27.0 Å². The first kappa shape index (κ1) is 24.1. The minimum absolute atomic E-state index is 0.0613. The van der Waals surface area contributed by atoms with Crippen LogP contribution in [0.3, 0.4) is 0 Å². The number of aromatic nitrogens is 4. The number of fused-ring (bicyclic) bond motifs is 1. The maximum Gasteiger partial charge on any atom is 0.314 e. The second kappa shape index (κ2) is 9.79. The fraction of sp³-hybridized carbons (Fsp3) is 0.500. The fourth-order valence-corrected chi connectivity index (χ4v) is 6.60. The number of likely N-dealkylation sites (tertiary alicyclic amines) is 1. The van der Waals surface area contributed by atoms with E-state index < -0.39 is 28.2 Å². The first-order valence-corrected chi connectivity index (χ1v) is 13.2. The summed E-state index contributed by atoms with van der Waals surface area (Å²) in [6, 6.07) is 1.09. The minimum atomic E-state index is -3.89. The van der Waals surface area contributed by atoms with E-state index in [4.69, 9.17) is 9.15 Å². The van der Waals surface area contributed by atoms with Crippen molar-refractivity contribution in [1.29, 1.82) is 0 Å². The number of ether oxygens (including phenoxy) is 1. The molecule has 0 N–H and O–H groups in total. The van der Waals surface area contributed by atoms with Crippen LogP contribution in [0.25, 0.3) is 10.8 Å². The van der Waals surface area contributed by atoms with Crippen LogP contribution in [-0.2, 0) is 21.3 Å². The van der Waals surface area contributed by atoms with Gasteiger partial charge in [0.15, 0.2) is 0 Å². The highest BCUT2D eigenvalue weighted by Gasteiger charge is 2.37. The number of thiazole rings is 1. The van der Waals surface area contributed by atoms with Gasteiger partial charge in [-0.2, -0.15) is 8.78 Å². The number of rotatable bonds is 9. The van der Waals surface area contributed by atoms with Crippen LogP contribution in [0.4, 0.5) is 18.9 Å². The molecule has 188 valence electrons. The van der Waals surface area contributed by atoms with Crippen molar-refractivity contribution in [3.8, 4) is 10.8 Å². The molecule has 2 aliphatic heterocycles. The molecule has 2 fully saturated rings. The van der Waals surface area contributed by atoms with Crippen LogP contribution in [-0.4, -0.2) is 72.1 Å². The number of alkyl halides is 2. The number of hydrogen-bond donors (Lipinski definition) is 0. The van der Waals surface area contributed by atoms with E-state index in [2.05, 4.69) is 25.1 Å². The third kappa shape index (κ3) is 5.32. The largest absolute Gasteiger partial charge is 0.414 e. The summed E-state index contributed by atoms with van der Waals surface area (Å²) >= 11 is 1.01. The first-order valence-electron chi connectivity index (χ1n) is 10.8. The fourth-order valence-electron chi connectivity index (χ4n) is 4.24. The van der Waals surface area contributed by atoms with E-state index in [9.17, 15) is 21.6 Å². The van der Waals surface area contributed by atoms with Crippen LogP contribution in [0, 0.1) is 17.7 Å². The Bertz CT molecular complexity index is 1280. The molecule has 3 aromatic heterocycles. The van der Waals surface area contributed by atoms with Crippen LogP contribution >= 0.6 is 11.3 Å². The van der Waals surface area contributed by atoms with E-state index in [1.54, 1.807) is 0 Å². The van der Waals surface area contributed by atoms with Crippen LogP contribution in [0.1, 0.15) is 17.3 Å². The Hall–Kier alpha value is -2.62. The summed E-state index contributed by atoms with van der Waals surface area (Å²) in [7, 11) is -3.89. The summed E-state index contributed by atoms with van der Waals surface area (Å²) in [5, 5.41) is 7.20. The molecule has 0 bridgehead atoms. The highest BCUT2D eigenvalue weighted by molar-refractivity contribution is 7.92. The Balaban J connectivity index is 1.34. The summed E-state index contributed by atoms with van der Waals surface area (Å²) < 4.78 is 77.6. The van der Waals surface area contributed by atoms with Gasteiger partial charge >= 0.3 is 6.43 Å². The van der Waals surface area contributed by atoms with Crippen molar-refractivity contribution in [1.82, 2.24) is 25.1 Å². The van der Waals surface area contributed by atoms with E-state index in [-0.39, 0.29) is 23.9 Å². The predicted octanol–water partition coefficient (Wildman–Crippen LogP) is 2.58. The lowest BCUT2D eigenvalue weighted by Crippen LogP contribution is -2.37. The second-order valence-corrected chi connectivity index (χ2v) is 11.5. The molecule has 2 atom stereocenters. The SMILES string of the molecule is O=S(=O)(CCN1CC2COCC2C1)N(Cc1ncc(-c2nnc(C(F)F)o2)s1)c1cncc(F)c1. The summed E-state index contributed by atoms with van der Waals surface area (Å²) in [6.45, 7) is 3.08. The second-order valence-electron chi connectivity index (χ2n) is 8.37. The van der Waals surface area contributed by atoms with E-state index in [0.29, 0.717) is 41.5 Å². The molecule has 15 heteroatoms. The number of pyridine rings is 1. The Labute approximate surface area is 202 Å². The van der Waals surface area contributed by atoms with Gasteiger partial charge in [-0.1, -0.05) is 0 Å². The van der Waals surface area contributed by atoms with Crippen LogP contribution < -0.4 is 4.31 Å². The lowest BCUT2D eigenvalue weighted by atomic mass is 10.0. The molecule has 2 saturated heterocycles. The Kier molecular flexibility index (Phi) is 6.74. The minimum Gasteiger partial charge on any atom is -0.414 e. The van der Waals surface area contributed by atoms with E-state index in [1.165, 1.54) is 12.4 Å². The third-order valence-corrected chi connectivity index (χ3v) is 8.65. The van der Waals surface area contributed by atoms with Crippen LogP contribution in [0.5, 0.6) is 0 Å². The predicted molar refractivity (Wildman–Crippen MR) is 119 cm³/mol. The molecule has 10 nitrogen and oxygen atoms in total. The molecule has 0 saturated carbocycles. The Morgan fingerprint density at radius 1 is 1.17 bits per heavy atom. The number of sulfonamides is 1. The zero-order chi connectivity index (χ0) is 24.6. The Morgan fingerprint density at radius 2 is 1.94 bits per heavy atom. The van der Waals surface area contributed by atoms with Gasteiger partial charge in [0.05, 0.1) is 49.8 Å². The molecule has 0 aromatic carbocycles. The maximum atomic E-state index is 13.9. The molecule has 3 aromatic rings. The average molecular weight is 531 g/mol. The van der Waals surface area contributed by atoms with Crippen molar-refractivity contribution < 1.29 is 30.7 Å². The molecule has 0 amide bonds. The molecule has 35 heavy (non-hydrogen) atoms. The van der Waals surface area contributed by atoms with Gasteiger partial charge in [-0.25, -0.2) is 17.8 Å². The highest BCUT2D eigenvalue weighted by atomic mass is 32.2. The molecule has 0 spiro atoms. The smallest absolute Gasteiger partial charge is 0.314 e. The average Bonchev–Trinajstić information content (AvgIpc) is 3.60. The third-order valence-electron chi connectivity index (χ3n) is 5.97. The monoisotopic (exact) mass is 530 g/mol. The van der Waals surface area contributed by atoms with Gasteiger partial charge < -0.3 is 14.1 Å². The lowest BCUT2D eigenvalue weighted by molar-refractivity contribution is 0.116. The van der Waals surface area contributed by atoms with Crippen LogP contribution in [0.2, 0.25) is 0 Å². The number of halogens is 3. The normalized spacial score (nSPS) is 20.6. The quantitative estimate of drug-likeness (QED) is 0.412. The Morgan fingerprint density at radius 3 is 2.63 bits per heavy atom. The van der Waals surface area contributed by atoms with E-state index in [1.807, 2.05) is 0 Å². The van der Waals surface area contributed by atoms with Crippen molar-refractivity contribution in [2.45, 2.75) is 13.0 Å². The maximum absolute atomic E-state index is 13.9. The lowest BCUT2D eigenvalue weighted by Gasteiger charge is -2.25. The standard InChI is InChI=1S/C20H21F3N6O4S2/c21-14-3-15(5-24-4-14)29(35(30,31)2-1-28-7-12-10-32-11-13(12)8-28)9-17-25-6-16(34-17)19-26-27-20(33-19)18(22)23/h3-6,12-13,18H,1-2,7-11H2. The zero-order valence-electron chi connectivity index (χ0n) is 18.3. The van der Waals surface area contributed by atoms with Gasteiger partial charge in [-0.05, 0) is 0 Å². The van der Waals surface area contributed by atoms with Crippen LogP contribution in [0.15, 0.2) is 29.1 Å². The van der Waals surface area contributed by atoms with Crippen molar-refractivity contribution in [2.24, 2.45) is 11.8 Å². The summed E-state index contributed by atoms with van der Waals surface area (Å²) in [5.41, 5.74) is 0.0613. The van der Waals surface area contributed by atoms with Crippen molar-refractivity contribution in [3.05, 3.63) is 41.4 Å². The molecule has 2 unspecified atom stereocenters. The highest BCUT2D eigenvalue weighted by Crippen LogP contribution is 2.31. The molecule has 0 radical (unpaired) electrons. The topological polar surface area (TPSA) is 115 Å². The van der Waals surface area contributed by atoms with Gasteiger partial charge in [-0.15, -0.1) is 21.5 Å². The van der Waals surface area contributed by atoms with Gasteiger partial charge in [0.2, 0.25) is 10.0 Å². The number of nitrogens with zero attached hydrogens (tertiary/aromatic N) is 6. The van der Waals surface area contributed by atoms with E-state index in [0.717, 1.165) is 41.0 Å². The zero-order valence-corrected chi connectivity index (χ0v) is 19.9.